The fourth-order valence-corrected chi connectivity index (χ4v) is 1.66. The van der Waals surface area contributed by atoms with Crippen LogP contribution in [0.4, 0.5) is 0 Å². The van der Waals surface area contributed by atoms with E-state index in [1.807, 2.05) is 18.2 Å². The molecule has 2 rings (SSSR count). The monoisotopic (exact) mass is 229 g/mol. The number of carbonyl (C=O) groups excluding carboxylic acids is 1. The normalized spacial score (nSPS) is 10.4. The lowest BCUT2D eigenvalue weighted by atomic mass is 10.1. The van der Waals surface area contributed by atoms with Gasteiger partial charge in [0, 0.05) is 17.1 Å². The Morgan fingerprint density at radius 2 is 2.24 bits per heavy atom. The molecule has 88 valence electrons. The number of rotatable bonds is 5. The first-order valence-corrected chi connectivity index (χ1v) is 5.82. The molecule has 0 atom stereocenters. The average molecular weight is 229 g/mol. The van der Waals surface area contributed by atoms with E-state index in [1.54, 1.807) is 12.3 Å². The third-order valence-corrected chi connectivity index (χ3v) is 2.62. The summed E-state index contributed by atoms with van der Waals surface area (Å²) < 4.78 is 5.70. The Bertz CT molecular complexity index is 523. The fraction of sp³-hybridized carbons (Fsp3) is 0.286. The van der Waals surface area contributed by atoms with Gasteiger partial charge in [-0.3, -0.25) is 9.78 Å². The van der Waals surface area contributed by atoms with Crippen molar-refractivity contribution < 1.29 is 9.53 Å². The van der Waals surface area contributed by atoms with Gasteiger partial charge in [0.2, 0.25) is 0 Å². The second-order valence-corrected chi connectivity index (χ2v) is 3.91. The molecule has 0 amide bonds. The van der Waals surface area contributed by atoms with Crippen LogP contribution in [0.5, 0.6) is 5.75 Å². The number of aldehydes is 1. The maximum atomic E-state index is 10.8. The van der Waals surface area contributed by atoms with Crippen molar-refractivity contribution in [3.8, 4) is 5.75 Å². The van der Waals surface area contributed by atoms with E-state index >= 15 is 0 Å². The molecule has 0 N–H and O–H groups in total. The number of fused-ring (bicyclic) bond motifs is 1. The van der Waals surface area contributed by atoms with E-state index in [9.17, 15) is 4.79 Å². The first kappa shape index (κ1) is 11.6. The minimum atomic E-state index is 0.644. The number of hydrogen-bond acceptors (Lipinski definition) is 3. The number of carbonyl (C=O) groups is 1. The third kappa shape index (κ3) is 2.61. The largest absolute Gasteiger partial charge is 0.493 e. The summed E-state index contributed by atoms with van der Waals surface area (Å²) >= 11 is 0. The van der Waals surface area contributed by atoms with Crippen molar-refractivity contribution in [1.82, 2.24) is 4.98 Å². The van der Waals surface area contributed by atoms with E-state index in [0.29, 0.717) is 12.2 Å². The molecule has 3 heteroatoms. The highest BCUT2D eigenvalue weighted by Crippen LogP contribution is 2.24. The topological polar surface area (TPSA) is 39.2 Å². The minimum absolute atomic E-state index is 0.644. The number of ether oxygens (including phenoxy) is 1. The number of hydrogen-bond donors (Lipinski definition) is 0. The quantitative estimate of drug-likeness (QED) is 0.583. The Kier molecular flexibility index (Phi) is 3.70. The highest BCUT2D eigenvalue weighted by atomic mass is 16.5. The number of unbranched alkanes of at least 4 members (excludes halogenated alkanes) is 1. The molecule has 3 nitrogen and oxygen atoms in total. The van der Waals surface area contributed by atoms with Gasteiger partial charge in [-0.05, 0) is 30.7 Å². The van der Waals surface area contributed by atoms with Gasteiger partial charge in [0.15, 0.2) is 0 Å². The van der Waals surface area contributed by atoms with Crippen molar-refractivity contribution in [2.45, 2.75) is 19.8 Å². The molecule has 0 aliphatic carbocycles. The van der Waals surface area contributed by atoms with Crippen molar-refractivity contribution in [3.05, 3.63) is 36.0 Å². The molecule has 0 saturated carbocycles. The zero-order valence-electron chi connectivity index (χ0n) is 9.85. The van der Waals surface area contributed by atoms with Crippen LogP contribution in [0.2, 0.25) is 0 Å². The van der Waals surface area contributed by atoms with Gasteiger partial charge in [-0.25, -0.2) is 0 Å². The Balaban J connectivity index is 2.36. The fourth-order valence-electron chi connectivity index (χ4n) is 1.66. The second-order valence-electron chi connectivity index (χ2n) is 3.91. The van der Waals surface area contributed by atoms with Crippen molar-refractivity contribution >= 4 is 17.2 Å². The summed E-state index contributed by atoms with van der Waals surface area (Å²) in [5.41, 5.74) is 1.50. The number of nitrogens with zero attached hydrogens (tertiary/aromatic N) is 1. The zero-order valence-corrected chi connectivity index (χ0v) is 9.85. The molecular formula is C14H15NO2. The van der Waals surface area contributed by atoms with Crippen molar-refractivity contribution in [2.75, 3.05) is 6.61 Å². The average Bonchev–Trinajstić information content (AvgIpc) is 2.39. The van der Waals surface area contributed by atoms with Gasteiger partial charge >= 0.3 is 0 Å². The van der Waals surface area contributed by atoms with Crippen molar-refractivity contribution in [3.63, 3.8) is 0 Å². The second kappa shape index (κ2) is 5.43. The third-order valence-electron chi connectivity index (χ3n) is 2.62. The van der Waals surface area contributed by atoms with E-state index in [2.05, 4.69) is 11.9 Å². The van der Waals surface area contributed by atoms with Gasteiger partial charge < -0.3 is 4.74 Å². The minimum Gasteiger partial charge on any atom is -0.493 e. The predicted octanol–water partition coefficient (Wildman–Crippen LogP) is 3.23. The van der Waals surface area contributed by atoms with Crippen LogP contribution in [0, 0.1) is 0 Å². The van der Waals surface area contributed by atoms with E-state index in [-0.39, 0.29) is 0 Å². The maximum Gasteiger partial charge on any atom is 0.150 e. The number of aromatic nitrogens is 1. The molecule has 1 aromatic heterocycles. The Labute approximate surface area is 100 Å². The first-order chi connectivity index (χ1) is 8.35. The van der Waals surface area contributed by atoms with Crippen LogP contribution in [-0.4, -0.2) is 17.9 Å². The van der Waals surface area contributed by atoms with Gasteiger partial charge in [0.1, 0.15) is 12.0 Å². The summed E-state index contributed by atoms with van der Waals surface area (Å²) in [5.74, 6) is 0.798. The Hall–Kier alpha value is -1.90. The van der Waals surface area contributed by atoms with Crippen LogP contribution in [0.1, 0.15) is 30.1 Å². The Morgan fingerprint density at radius 3 is 3.00 bits per heavy atom. The molecule has 0 spiro atoms. The molecule has 0 aliphatic heterocycles. The smallest absolute Gasteiger partial charge is 0.150 e. The molecule has 17 heavy (non-hydrogen) atoms. The molecule has 0 aliphatic rings. The molecule has 1 heterocycles. The molecule has 0 radical (unpaired) electrons. The molecule has 0 unspecified atom stereocenters. The highest BCUT2D eigenvalue weighted by Gasteiger charge is 2.03. The van der Waals surface area contributed by atoms with Crippen LogP contribution in [0.15, 0.2) is 30.5 Å². The lowest BCUT2D eigenvalue weighted by Gasteiger charge is -2.08. The molecule has 1 aromatic carbocycles. The molecule has 0 fully saturated rings. The van der Waals surface area contributed by atoms with Crippen molar-refractivity contribution in [2.24, 2.45) is 0 Å². The summed E-state index contributed by atoms with van der Waals surface area (Å²) in [4.78, 5) is 15.0. The maximum absolute atomic E-state index is 10.8. The summed E-state index contributed by atoms with van der Waals surface area (Å²) in [5, 5.41) is 0.896. The lowest BCUT2D eigenvalue weighted by molar-refractivity contribution is 0.112. The summed E-state index contributed by atoms with van der Waals surface area (Å²) in [6, 6.07) is 7.26. The van der Waals surface area contributed by atoms with E-state index in [1.165, 1.54) is 0 Å². The number of benzene rings is 1. The van der Waals surface area contributed by atoms with Crippen LogP contribution in [0.3, 0.4) is 0 Å². The van der Waals surface area contributed by atoms with Crippen LogP contribution >= 0.6 is 0 Å². The molecular weight excluding hydrogens is 214 g/mol. The summed E-state index contributed by atoms with van der Waals surface area (Å²) in [6.45, 7) is 2.82. The predicted molar refractivity (Wildman–Crippen MR) is 67.5 cm³/mol. The van der Waals surface area contributed by atoms with Gasteiger partial charge in [0.25, 0.3) is 0 Å². The SMILES string of the molecule is CCCCOc1ccnc2ccc(C=O)cc12. The van der Waals surface area contributed by atoms with Gasteiger partial charge in [-0.2, -0.15) is 0 Å². The zero-order chi connectivity index (χ0) is 12.1. The molecule has 0 bridgehead atoms. The van der Waals surface area contributed by atoms with Crippen LogP contribution in [-0.2, 0) is 0 Å². The van der Waals surface area contributed by atoms with E-state index in [0.717, 1.165) is 35.8 Å². The first-order valence-electron chi connectivity index (χ1n) is 5.82. The van der Waals surface area contributed by atoms with Gasteiger partial charge in [-0.15, -0.1) is 0 Å². The summed E-state index contributed by atoms with van der Waals surface area (Å²) in [7, 11) is 0. The van der Waals surface area contributed by atoms with Crippen LogP contribution in [0.25, 0.3) is 10.9 Å². The molecule has 0 saturated heterocycles. The standard InChI is InChI=1S/C14H15NO2/c1-2-3-8-17-14-6-7-15-13-5-4-11(10-16)9-12(13)14/h4-7,9-10H,2-3,8H2,1H3. The number of pyridine rings is 1. The molecule has 2 aromatic rings. The van der Waals surface area contributed by atoms with Crippen LogP contribution < -0.4 is 4.74 Å². The lowest BCUT2D eigenvalue weighted by Crippen LogP contribution is -1.97. The van der Waals surface area contributed by atoms with Crippen molar-refractivity contribution in [1.29, 1.82) is 0 Å². The van der Waals surface area contributed by atoms with Gasteiger partial charge in [-0.1, -0.05) is 13.3 Å². The van der Waals surface area contributed by atoms with E-state index in [4.69, 9.17) is 4.74 Å². The highest BCUT2D eigenvalue weighted by molar-refractivity contribution is 5.90. The van der Waals surface area contributed by atoms with E-state index < -0.39 is 0 Å². The van der Waals surface area contributed by atoms with Gasteiger partial charge in [0.05, 0.1) is 12.1 Å². The Morgan fingerprint density at radius 1 is 1.35 bits per heavy atom. The summed E-state index contributed by atoms with van der Waals surface area (Å²) in [6.07, 6.45) is 4.69.